The molecule has 1 fully saturated rings. The molecule has 0 spiro atoms. The van der Waals surface area contributed by atoms with E-state index in [4.69, 9.17) is 13.9 Å². The van der Waals surface area contributed by atoms with Crippen molar-refractivity contribution >= 4 is 29.9 Å². The molecule has 27 heavy (non-hydrogen) atoms. The van der Waals surface area contributed by atoms with E-state index < -0.39 is 0 Å². The summed E-state index contributed by atoms with van der Waals surface area (Å²) in [6.07, 6.45) is 3.59. The summed E-state index contributed by atoms with van der Waals surface area (Å²) in [6.45, 7) is 4.91. The number of hydrogen-bond donors (Lipinski definition) is 2. The number of nitrogens with zero attached hydrogens (tertiary/aromatic N) is 1. The molecule has 1 aromatic heterocycles. The highest BCUT2D eigenvalue weighted by Gasteiger charge is 2.18. The lowest BCUT2D eigenvalue weighted by Crippen LogP contribution is -2.38. The zero-order valence-corrected chi connectivity index (χ0v) is 18.2. The third-order valence-corrected chi connectivity index (χ3v) is 4.32. The van der Waals surface area contributed by atoms with E-state index in [1.165, 1.54) is 5.56 Å². The molecule has 0 bridgehead atoms. The number of aryl methyl sites for hydroxylation is 1. The molecule has 2 heterocycles. The zero-order chi connectivity index (χ0) is 18.2. The van der Waals surface area contributed by atoms with Gasteiger partial charge < -0.3 is 24.5 Å². The van der Waals surface area contributed by atoms with E-state index in [1.807, 2.05) is 12.1 Å². The fraction of sp³-hybridized carbons (Fsp3) is 0.450. The first-order valence-corrected chi connectivity index (χ1v) is 9.05. The molecule has 1 unspecified atom stereocenters. The maximum absolute atomic E-state index is 6.15. The zero-order valence-electron chi connectivity index (χ0n) is 15.9. The number of guanidine groups is 1. The summed E-state index contributed by atoms with van der Waals surface area (Å²) in [6, 6.07) is 10.2. The molecule has 148 valence electrons. The van der Waals surface area contributed by atoms with Crippen molar-refractivity contribution in [1.29, 1.82) is 0 Å². The molecule has 0 amide bonds. The predicted molar refractivity (Wildman–Crippen MR) is 117 cm³/mol. The molecule has 1 aromatic carbocycles. The summed E-state index contributed by atoms with van der Waals surface area (Å²) < 4.78 is 16.9. The Bertz CT molecular complexity index is 713. The van der Waals surface area contributed by atoms with Gasteiger partial charge in [0, 0.05) is 38.5 Å². The number of rotatable bonds is 7. The lowest BCUT2D eigenvalue weighted by atomic mass is 10.1. The molecule has 7 heteroatoms. The van der Waals surface area contributed by atoms with Crippen LogP contribution >= 0.6 is 24.0 Å². The number of aliphatic imine (C=N–C) groups is 1. The van der Waals surface area contributed by atoms with Crippen LogP contribution in [0.4, 0.5) is 0 Å². The monoisotopic (exact) mass is 485 g/mol. The van der Waals surface area contributed by atoms with Gasteiger partial charge in [-0.25, -0.2) is 0 Å². The van der Waals surface area contributed by atoms with Crippen LogP contribution < -0.4 is 15.4 Å². The van der Waals surface area contributed by atoms with Crippen molar-refractivity contribution in [3.8, 4) is 5.75 Å². The quantitative estimate of drug-likeness (QED) is 0.358. The van der Waals surface area contributed by atoms with Crippen molar-refractivity contribution in [3.05, 3.63) is 53.5 Å². The summed E-state index contributed by atoms with van der Waals surface area (Å²) in [4.78, 5) is 4.28. The highest BCUT2D eigenvalue weighted by atomic mass is 127. The number of nitrogens with one attached hydrogen (secondary N) is 2. The summed E-state index contributed by atoms with van der Waals surface area (Å²) in [5.41, 5.74) is 2.29. The first-order valence-electron chi connectivity index (χ1n) is 9.05. The predicted octanol–water partition coefficient (Wildman–Crippen LogP) is 3.28. The first-order chi connectivity index (χ1) is 12.7. The van der Waals surface area contributed by atoms with Gasteiger partial charge >= 0.3 is 0 Å². The van der Waals surface area contributed by atoms with E-state index in [1.54, 1.807) is 13.3 Å². The van der Waals surface area contributed by atoms with Crippen LogP contribution in [-0.2, 0) is 17.7 Å². The Morgan fingerprint density at radius 2 is 2.19 bits per heavy atom. The molecule has 0 aliphatic carbocycles. The van der Waals surface area contributed by atoms with Crippen molar-refractivity contribution in [2.24, 2.45) is 4.99 Å². The minimum Gasteiger partial charge on any atom is -0.488 e. The minimum atomic E-state index is 0. The molecule has 0 radical (unpaired) electrons. The SMILES string of the molecule is CN=C(NCCc1ccco1)NCc1ccc(C)cc1OC1CCOC1.I. The van der Waals surface area contributed by atoms with E-state index in [9.17, 15) is 0 Å². The van der Waals surface area contributed by atoms with Gasteiger partial charge in [0.15, 0.2) is 5.96 Å². The molecule has 1 aliphatic rings. The van der Waals surface area contributed by atoms with Crippen molar-refractivity contribution in [2.45, 2.75) is 32.4 Å². The van der Waals surface area contributed by atoms with Crippen LogP contribution in [0.3, 0.4) is 0 Å². The third-order valence-electron chi connectivity index (χ3n) is 4.32. The highest BCUT2D eigenvalue weighted by molar-refractivity contribution is 14.0. The second kappa shape index (κ2) is 11.2. The van der Waals surface area contributed by atoms with Crippen LogP contribution in [0.1, 0.15) is 23.3 Å². The van der Waals surface area contributed by atoms with Gasteiger partial charge in [0.25, 0.3) is 0 Å². The van der Waals surface area contributed by atoms with Gasteiger partial charge in [0.05, 0.1) is 19.5 Å². The molecule has 1 aliphatic heterocycles. The first kappa shape index (κ1) is 21.6. The Hall–Kier alpha value is -1.74. The van der Waals surface area contributed by atoms with Crippen molar-refractivity contribution in [1.82, 2.24) is 10.6 Å². The standard InChI is InChI=1S/C20H27N3O3.HI/c1-15-5-6-16(19(12-15)26-18-8-11-24-14-18)13-23-20(21-2)22-9-7-17-4-3-10-25-17;/h3-6,10,12,18H,7-9,11,13-14H2,1-2H3,(H2,21,22,23);1H. The fourth-order valence-electron chi connectivity index (χ4n) is 2.86. The van der Waals surface area contributed by atoms with Crippen LogP contribution in [0.25, 0.3) is 0 Å². The normalized spacial score (nSPS) is 16.7. The van der Waals surface area contributed by atoms with E-state index >= 15 is 0 Å². The highest BCUT2D eigenvalue weighted by Crippen LogP contribution is 2.23. The summed E-state index contributed by atoms with van der Waals surface area (Å²) in [5, 5.41) is 6.65. The molecule has 3 rings (SSSR count). The maximum atomic E-state index is 6.15. The van der Waals surface area contributed by atoms with Gasteiger partial charge in [0.1, 0.15) is 17.6 Å². The Morgan fingerprint density at radius 3 is 2.89 bits per heavy atom. The van der Waals surface area contributed by atoms with E-state index in [0.717, 1.165) is 49.0 Å². The van der Waals surface area contributed by atoms with Crippen LogP contribution in [-0.4, -0.2) is 38.9 Å². The van der Waals surface area contributed by atoms with Crippen molar-refractivity contribution in [3.63, 3.8) is 0 Å². The van der Waals surface area contributed by atoms with E-state index in [-0.39, 0.29) is 30.1 Å². The fourth-order valence-corrected chi connectivity index (χ4v) is 2.86. The Balaban J connectivity index is 0.00000261. The van der Waals surface area contributed by atoms with Gasteiger partial charge in [-0.2, -0.15) is 0 Å². The summed E-state index contributed by atoms with van der Waals surface area (Å²) in [5.74, 6) is 2.63. The average Bonchev–Trinajstić information content (AvgIpc) is 3.33. The molecule has 1 saturated heterocycles. The van der Waals surface area contributed by atoms with E-state index in [2.05, 4.69) is 40.7 Å². The topological polar surface area (TPSA) is 68.0 Å². The molecule has 2 N–H and O–H groups in total. The lowest BCUT2D eigenvalue weighted by molar-refractivity contribution is 0.140. The second-order valence-electron chi connectivity index (χ2n) is 6.40. The van der Waals surface area contributed by atoms with Gasteiger partial charge in [-0.1, -0.05) is 12.1 Å². The van der Waals surface area contributed by atoms with Crippen molar-refractivity contribution < 1.29 is 13.9 Å². The molecule has 2 aromatic rings. The second-order valence-corrected chi connectivity index (χ2v) is 6.40. The Morgan fingerprint density at radius 1 is 1.30 bits per heavy atom. The molecule has 6 nitrogen and oxygen atoms in total. The van der Waals surface area contributed by atoms with Crippen molar-refractivity contribution in [2.75, 3.05) is 26.8 Å². The van der Waals surface area contributed by atoms with Crippen LogP contribution in [0.2, 0.25) is 0 Å². The smallest absolute Gasteiger partial charge is 0.191 e. The lowest BCUT2D eigenvalue weighted by Gasteiger charge is -2.18. The van der Waals surface area contributed by atoms with Gasteiger partial charge in [-0.3, -0.25) is 4.99 Å². The largest absolute Gasteiger partial charge is 0.488 e. The average molecular weight is 485 g/mol. The van der Waals surface area contributed by atoms with Gasteiger partial charge in [0.2, 0.25) is 0 Å². The molecular formula is C20H28IN3O3. The Kier molecular flexibility index (Phi) is 8.93. The molecular weight excluding hydrogens is 457 g/mol. The van der Waals surface area contributed by atoms with Crippen LogP contribution in [0.15, 0.2) is 46.0 Å². The third kappa shape index (κ3) is 6.73. The van der Waals surface area contributed by atoms with Crippen LogP contribution in [0, 0.1) is 6.92 Å². The van der Waals surface area contributed by atoms with Gasteiger partial charge in [-0.15, -0.1) is 24.0 Å². The number of furan rings is 1. The number of benzene rings is 1. The summed E-state index contributed by atoms with van der Waals surface area (Å²) >= 11 is 0. The van der Waals surface area contributed by atoms with Crippen LogP contribution in [0.5, 0.6) is 5.75 Å². The number of hydrogen-bond acceptors (Lipinski definition) is 4. The number of halogens is 1. The number of ether oxygens (including phenoxy) is 2. The summed E-state index contributed by atoms with van der Waals surface area (Å²) in [7, 11) is 1.77. The Labute approximate surface area is 177 Å². The van der Waals surface area contributed by atoms with E-state index in [0.29, 0.717) is 13.2 Å². The maximum Gasteiger partial charge on any atom is 0.191 e. The van der Waals surface area contributed by atoms with Gasteiger partial charge in [-0.05, 0) is 30.7 Å². The minimum absolute atomic E-state index is 0. The molecule has 0 saturated carbocycles. The molecule has 1 atom stereocenters.